The molecule has 1 fully saturated rings. The molecule has 1 N–H and O–H groups in total. The Morgan fingerprint density at radius 3 is 2.74 bits per heavy atom. The van der Waals surface area contributed by atoms with Crippen molar-refractivity contribution in [3.05, 3.63) is 56.7 Å². The van der Waals surface area contributed by atoms with Crippen LogP contribution in [0.25, 0.3) is 0 Å². The van der Waals surface area contributed by atoms with E-state index in [9.17, 15) is 0 Å². The molecule has 0 bridgehead atoms. The number of benzene rings is 1. The molecule has 3 heteroatoms. The zero-order valence-electron chi connectivity index (χ0n) is 10.9. The van der Waals surface area contributed by atoms with E-state index < -0.39 is 0 Å². The Morgan fingerprint density at radius 2 is 2.00 bits per heavy atom. The van der Waals surface area contributed by atoms with Crippen LogP contribution < -0.4 is 5.32 Å². The fraction of sp³-hybridized carbons (Fsp3) is 0.375. The van der Waals surface area contributed by atoms with Gasteiger partial charge in [0.2, 0.25) is 0 Å². The second kappa shape index (κ2) is 6.08. The summed E-state index contributed by atoms with van der Waals surface area (Å²) in [5.41, 5.74) is 3.02. The Hall–Kier alpha value is -0.830. The van der Waals surface area contributed by atoms with Crippen LogP contribution in [0.1, 0.15) is 34.8 Å². The van der Waals surface area contributed by atoms with Gasteiger partial charge < -0.3 is 5.32 Å². The van der Waals surface area contributed by atoms with E-state index in [1.165, 1.54) is 23.3 Å². The fourth-order valence-corrected chi connectivity index (χ4v) is 3.50. The number of nitrogens with one attached hydrogen (secondary N) is 1. The monoisotopic (exact) mass is 291 g/mol. The standard InChI is InChI=1S/C16H18ClNS/c17-16-8-7-14(19-16)9-10-18-11-13-3-1-2-4-15(13)12-5-6-12/h1-4,7-8,12,18H,5-6,9-11H2. The van der Waals surface area contributed by atoms with E-state index in [1.807, 2.05) is 6.07 Å². The molecule has 19 heavy (non-hydrogen) atoms. The summed E-state index contributed by atoms with van der Waals surface area (Å²) >= 11 is 7.61. The summed E-state index contributed by atoms with van der Waals surface area (Å²) in [6, 6.07) is 12.9. The molecule has 1 saturated carbocycles. The maximum atomic E-state index is 5.93. The van der Waals surface area contributed by atoms with Crippen LogP contribution in [0.15, 0.2) is 36.4 Å². The van der Waals surface area contributed by atoms with E-state index in [1.54, 1.807) is 16.9 Å². The minimum atomic E-state index is 0.828. The van der Waals surface area contributed by atoms with Crippen molar-refractivity contribution in [3.63, 3.8) is 0 Å². The predicted molar refractivity (Wildman–Crippen MR) is 83.2 cm³/mol. The van der Waals surface area contributed by atoms with Crippen molar-refractivity contribution in [2.24, 2.45) is 0 Å². The SMILES string of the molecule is Clc1ccc(CCNCc2ccccc2C2CC2)s1. The molecule has 0 radical (unpaired) electrons. The van der Waals surface area contributed by atoms with Gasteiger partial charge in [0.25, 0.3) is 0 Å². The molecular weight excluding hydrogens is 274 g/mol. The molecule has 1 nitrogen and oxygen atoms in total. The number of hydrogen-bond donors (Lipinski definition) is 1. The third-order valence-corrected chi connectivity index (χ3v) is 4.86. The molecule has 0 amide bonds. The van der Waals surface area contributed by atoms with Crippen molar-refractivity contribution < 1.29 is 0 Å². The van der Waals surface area contributed by atoms with Gasteiger partial charge in [-0.2, -0.15) is 0 Å². The molecule has 1 aromatic heterocycles. The first kappa shape index (κ1) is 13.2. The number of hydrogen-bond acceptors (Lipinski definition) is 2. The zero-order chi connectivity index (χ0) is 13.1. The first-order chi connectivity index (χ1) is 9.33. The van der Waals surface area contributed by atoms with Crippen LogP contribution in [0, 0.1) is 0 Å². The highest BCUT2D eigenvalue weighted by Gasteiger charge is 2.25. The van der Waals surface area contributed by atoms with Crippen molar-refractivity contribution >= 4 is 22.9 Å². The molecule has 1 aromatic carbocycles. The first-order valence-corrected chi connectivity index (χ1v) is 8.05. The minimum Gasteiger partial charge on any atom is -0.312 e. The molecule has 0 unspecified atom stereocenters. The van der Waals surface area contributed by atoms with Crippen LogP contribution in [-0.4, -0.2) is 6.54 Å². The Kier molecular flexibility index (Phi) is 4.21. The lowest BCUT2D eigenvalue weighted by atomic mass is 10.0. The largest absolute Gasteiger partial charge is 0.312 e. The lowest BCUT2D eigenvalue weighted by Gasteiger charge is -2.09. The van der Waals surface area contributed by atoms with E-state index in [4.69, 9.17) is 11.6 Å². The summed E-state index contributed by atoms with van der Waals surface area (Å²) in [6.07, 6.45) is 3.79. The number of thiophene rings is 1. The van der Waals surface area contributed by atoms with Crippen molar-refractivity contribution in [2.45, 2.75) is 31.7 Å². The van der Waals surface area contributed by atoms with Gasteiger partial charge in [-0.1, -0.05) is 35.9 Å². The van der Waals surface area contributed by atoms with Crippen LogP contribution in [0.2, 0.25) is 4.34 Å². The molecule has 0 aliphatic heterocycles. The maximum absolute atomic E-state index is 5.93. The van der Waals surface area contributed by atoms with Gasteiger partial charge in [0.1, 0.15) is 0 Å². The second-order valence-corrected chi connectivity index (χ2v) is 6.91. The van der Waals surface area contributed by atoms with Crippen molar-refractivity contribution in [1.82, 2.24) is 5.32 Å². The normalized spacial score (nSPS) is 14.8. The van der Waals surface area contributed by atoms with Gasteiger partial charge in [-0.15, -0.1) is 11.3 Å². The van der Waals surface area contributed by atoms with E-state index in [0.29, 0.717) is 0 Å². The molecule has 1 aliphatic carbocycles. The summed E-state index contributed by atoms with van der Waals surface area (Å²) in [5.74, 6) is 0.828. The molecule has 1 aliphatic rings. The topological polar surface area (TPSA) is 12.0 Å². The number of rotatable bonds is 6. The van der Waals surface area contributed by atoms with Crippen molar-refractivity contribution in [2.75, 3.05) is 6.54 Å². The summed E-state index contributed by atoms with van der Waals surface area (Å²) in [6.45, 7) is 1.99. The molecule has 0 spiro atoms. The predicted octanol–water partition coefficient (Wildman–Crippen LogP) is 4.61. The summed E-state index contributed by atoms with van der Waals surface area (Å²) in [4.78, 5) is 1.35. The smallest absolute Gasteiger partial charge is 0.0931 e. The molecule has 2 aromatic rings. The van der Waals surface area contributed by atoms with Crippen LogP contribution >= 0.6 is 22.9 Å². The van der Waals surface area contributed by atoms with Crippen LogP contribution in [0.3, 0.4) is 0 Å². The molecule has 100 valence electrons. The third kappa shape index (κ3) is 3.59. The average molecular weight is 292 g/mol. The van der Waals surface area contributed by atoms with Crippen molar-refractivity contribution in [3.8, 4) is 0 Å². The highest BCUT2D eigenvalue weighted by molar-refractivity contribution is 7.16. The lowest BCUT2D eigenvalue weighted by Crippen LogP contribution is -2.17. The average Bonchev–Trinajstić information content (AvgIpc) is 3.19. The zero-order valence-corrected chi connectivity index (χ0v) is 12.4. The van der Waals surface area contributed by atoms with E-state index in [2.05, 4.69) is 35.6 Å². The summed E-state index contributed by atoms with van der Waals surface area (Å²) in [5, 5.41) is 3.55. The van der Waals surface area contributed by atoms with Gasteiger partial charge in [0.05, 0.1) is 4.34 Å². The van der Waals surface area contributed by atoms with E-state index in [-0.39, 0.29) is 0 Å². The Balaban J connectivity index is 1.49. The molecule has 1 heterocycles. The van der Waals surface area contributed by atoms with Crippen LogP contribution in [0.4, 0.5) is 0 Å². The van der Waals surface area contributed by atoms with Gasteiger partial charge in [-0.05, 0) is 48.4 Å². The van der Waals surface area contributed by atoms with Gasteiger partial charge in [0, 0.05) is 18.0 Å². The highest BCUT2D eigenvalue weighted by Crippen LogP contribution is 2.41. The first-order valence-electron chi connectivity index (χ1n) is 6.85. The molecule has 3 rings (SSSR count). The summed E-state index contributed by atoms with van der Waals surface area (Å²) < 4.78 is 0.883. The van der Waals surface area contributed by atoms with Gasteiger partial charge in [0.15, 0.2) is 0 Å². The molecule has 0 atom stereocenters. The summed E-state index contributed by atoms with van der Waals surface area (Å²) in [7, 11) is 0. The molecule has 0 saturated heterocycles. The Labute approximate surface area is 123 Å². The maximum Gasteiger partial charge on any atom is 0.0931 e. The van der Waals surface area contributed by atoms with E-state index in [0.717, 1.165) is 29.8 Å². The van der Waals surface area contributed by atoms with Crippen molar-refractivity contribution in [1.29, 1.82) is 0 Å². The van der Waals surface area contributed by atoms with Gasteiger partial charge >= 0.3 is 0 Å². The second-order valence-electron chi connectivity index (χ2n) is 5.11. The van der Waals surface area contributed by atoms with Crippen LogP contribution in [0.5, 0.6) is 0 Å². The van der Waals surface area contributed by atoms with Crippen LogP contribution in [-0.2, 0) is 13.0 Å². The molecular formula is C16H18ClNS. The Morgan fingerprint density at radius 1 is 1.16 bits per heavy atom. The highest BCUT2D eigenvalue weighted by atomic mass is 35.5. The van der Waals surface area contributed by atoms with Gasteiger partial charge in [-0.25, -0.2) is 0 Å². The van der Waals surface area contributed by atoms with E-state index >= 15 is 0 Å². The third-order valence-electron chi connectivity index (χ3n) is 3.56. The number of halogens is 1. The minimum absolute atomic E-state index is 0.828. The lowest BCUT2D eigenvalue weighted by molar-refractivity contribution is 0.685. The Bertz CT molecular complexity index is 545. The van der Waals surface area contributed by atoms with Gasteiger partial charge in [-0.3, -0.25) is 0 Å². The fourth-order valence-electron chi connectivity index (χ4n) is 2.41. The quantitative estimate of drug-likeness (QED) is 0.766.